The molecule has 2 aromatic rings. The zero-order chi connectivity index (χ0) is 25.0. The van der Waals surface area contributed by atoms with Gasteiger partial charge in [-0.15, -0.1) is 0 Å². The molecule has 2 atom stereocenters. The number of amides is 1. The Morgan fingerprint density at radius 2 is 1.83 bits per heavy atom. The Morgan fingerprint density at radius 3 is 2.51 bits per heavy atom. The van der Waals surface area contributed by atoms with Crippen molar-refractivity contribution in [3.63, 3.8) is 0 Å². The minimum atomic E-state index is -3.02. The Morgan fingerprint density at radius 1 is 1.09 bits per heavy atom. The highest BCUT2D eigenvalue weighted by Crippen LogP contribution is 2.50. The molecule has 3 aliphatic rings. The van der Waals surface area contributed by atoms with Crippen LogP contribution in [0.2, 0.25) is 0 Å². The molecule has 0 N–H and O–H groups in total. The van der Waals surface area contributed by atoms with Gasteiger partial charge in [0, 0.05) is 23.9 Å². The maximum Gasteiger partial charge on any atom is 0.226 e. The van der Waals surface area contributed by atoms with E-state index in [1.807, 2.05) is 6.07 Å². The van der Waals surface area contributed by atoms with Crippen molar-refractivity contribution in [1.82, 2.24) is 4.90 Å². The van der Waals surface area contributed by atoms with Gasteiger partial charge in [-0.3, -0.25) is 4.79 Å². The zero-order valence-electron chi connectivity index (χ0n) is 21.0. The molecular weight excluding hydrogens is 461 g/mol. The molecule has 188 valence electrons. The molecule has 2 saturated heterocycles. The first kappa shape index (κ1) is 24.5. The molecule has 1 aliphatic carbocycles. The van der Waals surface area contributed by atoms with E-state index in [1.165, 1.54) is 22.8 Å². The number of aryl methyl sites for hydroxylation is 1. The summed E-state index contributed by atoms with van der Waals surface area (Å²) in [6.45, 7) is 7.35. The smallest absolute Gasteiger partial charge is 0.226 e. The van der Waals surface area contributed by atoms with Crippen LogP contribution in [0.4, 0.5) is 4.39 Å². The molecule has 0 saturated carbocycles. The summed E-state index contributed by atoms with van der Waals surface area (Å²) in [5.74, 6) is -0.123. The molecular formula is C29H36FNO3S. The molecule has 2 heterocycles. The van der Waals surface area contributed by atoms with Crippen LogP contribution in [0.15, 0.2) is 42.5 Å². The second kappa shape index (κ2) is 8.72. The van der Waals surface area contributed by atoms with Crippen LogP contribution >= 0.6 is 0 Å². The minimum Gasteiger partial charge on any atom is -0.339 e. The Balaban J connectivity index is 1.52. The number of halogens is 1. The van der Waals surface area contributed by atoms with E-state index in [2.05, 4.69) is 43.9 Å². The van der Waals surface area contributed by atoms with E-state index in [0.717, 1.165) is 24.8 Å². The zero-order valence-corrected chi connectivity index (χ0v) is 21.8. The summed E-state index contributed by atoms with van der Waals surface area (Å²) in [6.07, 6.45) is 4.18. The summed E-state index contributed by atoms with van der Waals surface area (Å²) in [5, 5.41) is 0. The third-order valence-electron chi connectivity index (χ3n) is 8.60. The predicted molar refractivity (Wildman–Crippen MR) is 137 cm³/mol. The fourth-order valence-corrected chi connectivity index (χ4v) is 8.17. The standard InChI is InChI=1S/C29H36FNO3S/c1-28(2,3)23-8-9-25-22(18-23)7-10-26-29(25,19-20-5-4-6-24(30)17-20)13-14-31(26)27(32)21-11-15-35(33,34)16-12-21/h4-6,8-9,17-18,21,26H,7,10-16,19H2,1-3H3. The summed E-state index contributed by atoms with van der Waals surface area (Å²) in [5.41, 5.74) is 4.72. The molecule has 0 bridgehead atoms. The molecule has 4 nitrogen and oxygen atoms in total. The molecule has 0 aromatic heterocycles. The van der Waals surface area contributed by atoms with Gasteiger partial charge in [0.15, 0.2) is 0 Å². The number of sulfone groups is 1. The van der Waals surface area contributed by atoms with E-state index in [4.69, 9.17) is 0 Å². The third-order valence-corrected chi connectivity index (χ3v) is 10.3. The van der Waals surface area contributed by atoms with Crippen LogP contribution < -0.4 is 0 Å². The molecule has 35 heavy (non-hydrogen) atoms. The quantitative estimate of drug-likeness (QED) is 0.601. The molecule has 2 aromatic carbocycles. The second-order valence-corrected chi connectivity index (χ2v) is 14.2. The lowest BCUT2D eigenvalue weighted by molar-refractivity contribution is -0.137. The van der Waals surface area contributed by atoms with Crippen molar-refractivity contribution in [3.05, 3.63) is 70.5 Å². The number of likely N-dealkylation sites (tertiary alicyclic amines) is 1. The Labute approximate surface area is 208 Å². The van der Waals surface area contributed by atoms with E-state index in [9.17, 15) is 17.6 Å². The minimum absolute atomic E-state index is 0.0461. The Hall–Kier alpha value is -2.21. The number of nitrogens with zero attached hydrogens (tertiary/aromatic N) is 1. The summed E-state index contributed by atoms with van der Waals surface area (Å²) >= 11 is 0. The lowest BCUT2D eigenvalue weighted by Crippen LogP contribution is -2.51. The van der Waals surface area contributed by atoms with Crippen molar-refractivity contribution in [2.24, 2.45) is 5.92 Å². The lowest BCUT2D eigenvalue weighted by Gasteiger charge is -2.44. The number of benzene rings is 2. The number of rotatable bonds is 3. The van der Waals surface area contributed by atoms with Crippen molar-refractivity contribution in [2.45, 2.75) is 76.2 Å². The number of hydrogen-bond donors (Lipinski definition) is 0. The highest BCUT2D eigenvalue weighted by molar-refractivity contribution is 7.91. The van der Waals surface area contributed by atoms with Gasteiger partial charge in [0.1, 0.15) is 15.7 Å². The highest BCUT2D eigenvalue weighted by atomic mass is 32.2. The average molecular weight is 498 g/mol. The topological polar surface area (TPSA) is 54.5 Å². The highest BCUT2D eigenvalue weighted by Gasteiger charge is 2.53. The van der Waals surface area contributed by atoms with Crippen LogP contribution in [-0.4, -0.2) is 43.3 Å². The summed E-state index contributed by atoms with van der Waals surface area (Å²) in [7, 11) is -3.02. The average Bonchev–Trinajstić information content (AvgIpc) is 3.17. The van der Waals surface area contributed by atoms with Crippen LogP contribution in [0, 0.1) is 11.7 Å². The fraction of sp³-hybridized carbons (Fsp3) is 0.552. The fourth-order valence-electron chi connectivity index (χ4n) is 6.68. The van der Waals surface area contributed by atoms with Crippen LogP contribution in [0.5, 0.6) is 0 Å². The van der Waals surface area contributed by atoms with Crippen molar-refractivity contribution in [2.75, 3.05) is 18.1 Å². The Kier molecular flexibility index (Phi) is 6.10. The maximum atomic E-state index is 14.1. The first-order valence-electron chi connectivity index (χ1n) is 12.9. The molecule has 2 fully saturated rings. The normalized spacial score (nSPS) is 26.3. The van der Waals surface area contributed by atoms with Gasteiger partial charge in [0.2, 0.25) is 5.91 Å². The van der Waals surface area contributed by atoms with Gasteiger partial charge in [-0.25, -0.2) is 12.8 Å². The molecule has 1 amide bonds. The summed E-state index contributed by atoms with van der Waals surface area (Å²) < 4.78 is 38.0. The molecule has 0 radical (unpaired) electrons. The molecule has 6 heteroatoms. The van der Waals surface area contributed by atoms with E-state index in [1.54, 1.807) is 12.1 Å². The summed E-state index contributed by atoms with van der Waals surface area (Å²) in [6, 6.07) is 13.7. The van der Waals surface area contributed by atoms with Gasteiger partial charge in [-0.1, -0.05) is 51.1 Å². The van der Waals surface area contributed by atoms with Crippen LogP contribution in [0.3, 0.4) is 0 Å². The van der Waals surface area contributed by atoms with E-state index in [-0.39, 0.29) is 46.0 Å². The van der Waals surface area contributed by atoms with Crippen molar-refractivity contribution >= 4 is 15.7 Å². The third kappa shape index (κ3) is 4.54. The molecule has 2 aliphatic heterocycles. The van der Waals surface area contributed by atoms with Gasteiger partial charge in [-0.05, 0) is 78.3 Å². The van der Waals surface area contributed by atoms with Gasteiger partial charge in [-0.2, -0.15) is 0 Å². The summed E-state index contributed by atoms with van der Waals surface area (Å²) in [4.78, 5) is 15.7. The van der Waals surface area contributed by atoms with Gasteiger partial charge >= 0.3 is 0 Å². The van der Waals surface area contributed by atoms with Crippen LogP contribution in [0.25, 0.3) is 0 Å². The number of carbonyl (C=O) groups excluding carboxylic acids is 1. The van der Waals surface area contributed by atoms with Crippen LogP contribution in [0.1, 0.15) is 68.7 Å². The van der Waals surface area contributed by atoms with Gasteiger partial charge < -0.3 is 4.90 Å². The SMILES string of the molecule is CC(C)(C)c1ccc2c(c1)CCC1N(C(=O)C3CCS(=O)(=O)CC3)CCC21Cc1cccc(F)c1. The predicted octanol–water partition coefficient (Wildman–Crippen LogP) is 4.98. The second-order valence-electron chi connectivity index (χ2n) is 11.8. The first-order chi connectivity index (χ1) is 16.5. The first-order valence-corrected chi connectivity index (χ1v) is 14.7. The van der Waals surface area contributed by atoms with Crippen molar-refractivity contribution < 1.29 is 17.6 Å². The molecule has 0 spiro atoms. The monoisotopic (exact) mass is 497 g/mol. The van der Waals surface area contributed by atoms with E-state index < -0.39 is 9.84 Å². The maximum absolute atomic E-state index is 14.1. The van der Waals surface area contributed by atoms with Crippen LogP contribution in [-0.2, 0) is 38.3 Å². The van der Waals surface area contributed by atoms with Crippen molar-refractivity contribution in [3.8, 4) is 0 Å². The van der Waals surface area contributed by atoms with Crippen molar-refractivity contribution in [1.29, 1.82) is 0 Å². The van der Waals surface area contributed by atoms with Gasteiger partial charge in [0.05, 0.1) is 11.5 Å². The lowest BCUT2D eigenvalue weighted by atomic mass is 9.63. The van der Waals surface area contributed by atoms with E-state index in [0.29, 0.717) is 25.8 Å². The number of hydrogen-bond acceptors (Lipinski definition) is 3. The van der Waals surface area contributed by atoms with E-state index >= 15 is 0 Å². The van der Waals surface area contributed by atoms with Gasteiger partial charge in [0.25, 0.3) is 0 Å². The molecule has 2 unspecified atom stereocenters. The number of fused-ring (bicyclic) bond motifs is 3. The molecule has 5 rings (SSSR count). The Bertz CT molecular complexity index is 1230. The number of carbonyl (C=O) groups is 1. The largest absolute Gasteiger partial charge is 0.339 e.